The first-order valence-corrected chi connectivity index (χ1v) is 6.72. The standard InChI is InChI=1S/C13H13Cl2N3/c14-9-3-4-12(10(15)6-9)18-8-16-7-13(18)11-2-1-5-17-11/h3-4,6-8,11,17H,1-2,5H2. The van der Waals surface area contributed by atoms with Gasteiger partial charge in [-0.25, -0.2) is 4.98 Å². The molecule has 18 heavy (non-hydrogen) atoms. The van der Waals surface area contributed by atoms with Gasteiger partial charge in [0, 0.05) is 11.1 Å². The largest absolute Gasteiger partial charge is 0.309 e. The number of nitrogens with zero attached hydrogens (tertiary/aromatic N) is 2. The van der Waals surface area contributed by atoms with Gasteiger partial charge in [0.05, 0.1) is 28.9 Å². The summed E-state index contributed by atoms with van der Waals surface area (Å²) in [6.45, 7) is 1.06. The number of rotatable bonds is 2. The number of halogens is 2. The van der Waals surface area contributed by atoms with Gasteiger partial charge in [0.1, 0.15) is 0 Å². The monoisotopic (exact) mass is 281 g/mol. The SMILES string of the molecule is Clc1ccc(-n2cncc2C2CCCN2)c(Cl)c1. The quantitative estimate of drug-likeness (QED) is 0.912. The van der Waals surface area contributed by atoms with Crippen LogP contribution in [0, 0.1) is 0 Å². The predicted molar refractivity (Wildman–Crippen MR) is 73.6 cm³/mol. The van der Waals surface area contributed by atoms with E-state index in [2.05, 4.69) is 10.3 Å². The van der Waals surface area contributed by atoms with Crippen molar-refractivity contribution in [2.24, 2.45) is 0 Å². The van der Waals surface area contributed by atoms with Crippen molar-refractivity contribution in [2.45, 2.75) is 18.9 Å². The molecule has 3 nitrogen and oxygen atoms in total. The Kier molecular flexibility index (Phi) is 3.29. The Morgan fingerprint density at radius 2 is 2.22 bits per heavy atom. The van der Waals surface area contributed by atoms with E-state index in [1.165, 1.54) is 6.42 Å². The van der Waals surface area contributed by atoms with Crippen molar-refractivity contribution in [1.82, 2.24) is 14.9 Å². The highest BCUT2D eigenvalue weighted by molar-refractivity contribution is 6.35. The number of hydrogen-bond donors (Lipinski definition) is 1. The highest BCUT2D eigenvalue weighted by Crippen LogP contribution is 2.29. The van der Waals surface area contributed by atoms with Crippen LogP contribution in [0.15, 0.2) is 30.7 Å². The summed E-state index contributed by atoms with van der Waals surface area (Å²) < 4.78 is 2.03. The zero-order valence-electron chi connectivity index (χ0n) is 9.74. The predicted octanol–water partition coefficient (Wildman–Crippen LogP) is 3.60. The molecule has 5 heteroatoms. The van der Waals surface area contributed by atoms with Crippen LogP contribution in [-0.4, -0.2) is 16.1 Å². The van der Waals surface area contributed by atoms with Crippen molar-refractivity contribution in [2.75, 3.05) is 6.54 Å². The Morgan fingerprint density at radius 3 is 2.94 bits per heavy atom. The minimum absolute atomic E-state index is 0.360. The van der Waals surface area contributed by atoms with E-state index < -0.39 is 0 Å². The summed E-state index contributed by atoms with van der Waals surface area (Å²) >= 11 is 12.2. The van der Waals surface area contributed by atoms with Crippen molar-refractivity contribution in [3.8, 4) is 5.69 Å². The zero-order valence-corrected chi connectivity index (χ0v) is 11.2. The highest BCUT2D eigenvalue weighted by Gasteiger charge is 2.20. The van der Waals surface area contributed by atoms with E-state index in [0.29, 0.717) is 16.1 Å². The maximum absolute atomic E-state index is 6.25. The van der Waals surface area contributed by atoms with E-state index in [-0.39, 0.29) is 0 Å². The third-order valence-electron chi connectivity index (χ3n) is 3.25. The number of benzene rings is 1. The fraction of sp³-hybridized carbons (Fsp3) is 0.308. The van der Waals surface area contributed by atoms with Gasteiger partial charge in [-0.15, -0.1) is 0 Å². The summed E-state index contributed by atoms with van der Waals surface area (Å²) in [7, 11) is 0. The Morgan fingerprint density at radius 1 is 1.33 bits per heavy atom. The van der Waals surface area contributed by atoms with Crippen LogP contribution in [0.4, 0.5) is 0 Å². The summed E-state index contributed by atoms with van der Waals surface area (Å²) in [4.78, 5) is 4.24. The molecule has 1 aliphatic heterocycles. The zero-order chi connectivity index (χ0) is 12.5. The van der Waals surface area contributed by atoms with Gasteiger partial charge in [0.2, 0.25) is 0 Å². The lowest BCUT2D eigenvalue weighted by Gasteiger charge is -2.15. The van der Waals surface area contributed by atoms with E-state index in [9.17, 15) is 0 Å². The molecule has 1 aromatic carbocycles. The van der Waals surface area contributed by atoms with Crippen molar-refractivity contribution >= 4 is 23.2 Å². The van der Waals surface area contributed by atoms with Gasteiger partial charge in [-0.3, -0.25) is 0 Å². The average molecular weight is 282 g/mol. The molecular weight excluding hydrogens is 269 g/mol. The molecular formula is C13H13Cl2N3. The van der Waals surface area contributed by atoms with Crippen LogP contribution in [0.5, 0.6) is 0 Å². The summed E-state index contributed by atoms with van der Waals surface area (Å²) in [5, 5.41) is 4.75. The van der Waals surface area contributed by atoms with Gasteiger partial charge < -0.3 is 9.88 Å². The Hall–Kier alpha value is -1.03. The topological polar surface area (TPSA) is 29.9 Å². The molecule has 0 amide bonds. The molecule has 1 aromatic heterocycles. The van der Waals surface area contributed by atoms with E-state index in [1.54, 1.807) is 12.4 Å². The Labute approximate surface area is 116 Å². The number of nitrogens with one attached hydrogen (secondary N) is 1. The van der Waals surface area contributed by atoms with Crippen LogP contribution in [0.3, 0.4) is 0 Å². The highest BCUT2D eigenvalue weighted by atomic mass is 35.5. The maximum Gasteiger partial charge on any atom is 0.0995 e. The molecule has 1 fully saturated rings. The van der Waals surface area contributed by atoms with E-state index in [4.69, 9.17) is 23.2 Å². The normalized spacial score (nSPS) is 19.3. The molecule has 0 radical (unpaired) electrons. The van der Waals surface area contributed by atoms with Gasteiger partial charge in [0.15, 0.2) is 0 Å². The second-order valence-electron chi connectivity index (χ2n) is 4.43. The molecule has 2 aromatic rings. The number of hydrogen-bond acceptors (Lipinski definition) is 2. The fourth-order valence-corrected chi connectivity index (χ4v) is 2.88. The lowest BCUT2D eigenvalue weighted by molar-refractivity contribution is 0.615. The van der Waals surface area contributed by atoms with Gasteiger partial charge in [-0.2, -0.15) is 0 Å². The summed E-state index contributed by atoms with van der Waals surface area (Å²) in [5.74, 6) is 0. The summed E-state index contributed by atoms with van der Waals surface area (Å²) in [6.07, 6.45) is 6.03. The molecule has 94 valence electrons. The van der Waals surface area contributed by atoms with Gasteiger partial charge in [-0.1, -0.05) is 23.2 Å². The first-order chi connectivity index (χ1) is 8.75. The number of imidazole rings is 1. The van der Waals surface area contributed by atoms with Crippen LogP contribution in [-0.2, 0) is 0 Å². The summed E-state index contributed by atoms with van der Waals surface area (Å²) in [6, 6.07) is 5.88. The lowest BCUT2D eigenvalue weighted by atomic mass is 10.1. The van der Waals surface area contributed by atoms with E-state index in [1.807, 2.05) is 22.9 Å². The third kappa shape index (κ3) is 2.14. The molecule has 1 atom stereocenters. The second-order valence-corrected chi connectivity index (χ2v) is 5.28. The third-order valence-corrected chi connectivity index (χ3v) is 3.79. The minimum Gasteiger partial charge on any atom is -0.309 e. The molecule has 1 N–H and O–H groups in total. The van der Waals surface area contributed by atoms with E-state index in [0.717, 1.165) is 24.3 Å². The number of aromatic nitrogens is 2. The smallest absolute Gasteiger partial charge is 0.0995 e. The molecule has 0 aliphatic carbocycles. The Balaban J connectivity index is 2.03. The van der Waals surface area contributed by atoms with Crippen molar-refractivity contribution < 1.29 is 0 Å². The molecule has 2 heterocycles. The first-order valence-electron chi connectivity index (χ1n) is 5.97. The van der Waals surface area contributed by atoms with Gasteiger partial charge in [-0.05, 0) is 37.6 Å². The van der Waals surface area contributed by atoms with Crippen LogP contribution in [0.25, 0.3) is 5.69 Å². The van der Waals surface area contributed by atoms with Crippen LogP contribution < -0.4 is 5.32 Å². The van der Waals surface area contributed by atoms with Crippen molar-refractivity contribution in [3.05, 3.63) is 46.5 Å². The molecule has 1 aliphatic rings. The van der Waals surface area contributed by atoms with Gasteiger partial charge in [0.25, 0.3) is 0 Å². The minimum atomic E-state index is 0.360. The average Bonchev–Trinajstić information content (AvgIpc) is 2.98. The van der Waals surface area contributed by atoms with Crippen molar-refractivity contribution in [1.29, 1.82) is 0 Å². The Bertz CT molecular complexity index is 559. The molecule has 1 unspecified atom stereocenters. The summed E-state index contributed by atoms with van der Waals surface area (Å²) in [5.41, 5.74) is 2.07. The molecule has 0 saturated carbocycles. The van der Waals surface area contributed by atoms with Gasteiger partial charge >= 0.3 is 0 Å². The fourth-order valence-electron chi connectivity index (χ4n) is 2.38. The van der Waals surface area contributed by atoms with E-state index >= 15 is 0 Å². The molecule has 0 bridgehead atoms. The van der Waals surface area contributed by atoms with Crippen molar-refractivity contribution in [3.63, 3.8) is 0 Å². The molecule has 0 spiro atoms. The van der Waals surface area contributed by atoms with Crippen LogP contribution in [0.1, 0.15) is 24.6 Å². The van der Waals surface area contributed by atoms with Crippen LogP contribution in [0.2, 0.25) is 10.0 Å². The molecule has 3 rings (SSSR count). The second kappa shape index (κ2) is 4.92. The first kappa shape index (κ1) is 12.0. The molecule has 1 saturated heterocycles. The lowest BCUT2D eigenvalue weighted by Crippen LogP contribution is -2.16. The maximum atomic E-state index is 6.25. The van der Waals surface area contributed by atoms with Crippen LogP contribution >= 0.6 is 23.2 Å².